The van der Waals surface area contributed by atoms with E-state index in [4.69, 9.17) is 4.74 Å². The van der Waals surface area contributed by atoms with Crippen LogP contribution in [0, 0.1) is 5.82 Å². The summed E-state index contributed by atoms with van der Waals surface area (Å²) in [4.78, 5) is 27.7. The van der Waals surface area contributed by atoms with Crippen molar-refractivity contribution in [2.24, 2.45) is 5.10 Å². The molecule has 2 atom stereocenters. The molecule has 0 spiro atoms. The van der Waals surface area contributed by atoms with Crippen LogP contribution in [-0.2, 0) is 14.3 Å². The quantitative estimate of drug-likeness (QED) is 0.643. The lowest BCUT2D eigenvalue weighted by Gasteiger charge is -2.34. The molecule has 0 unspecified atom stereocenters. The minimum Gasteiger partial charge on any atom is -0.465 e. The fraction of sp³-hybridized carbons (Fsp3) is 0.400. The number of carbonyl (C=O) groups is 2. The van der Waals surface area contributed by atoms with E-state index < -0.39 is 6.04 Å². The highest BCUT2D eigenvalue weighted by Crippen LogP contribution is 2.33. The van der Waals surface area contributed by atoms with Gasteiger partial charge in [-0.25, -0.2) is 9.40 Å². The molecule has 7 heteroatoms. The molecule has 2 aromatic carbocycles. The molecule has 1 amide bonds. The third-order valence-electron chi connectivity index (χ3n) is 6.05. The number of nitrogens with zero attached hydrogens (tertiary/aromatic N) is 3. The zero-order valence-corrected chi connectivity index (χ0v) is 18.2. The molecule has 0 bridgehead atoms. The fourth-order valence-corrected chi connectivity index (χ4v) is 4.46. The maximum absolute atomic E-state index is 14.4. The van der Waals surface area contributed by atoms with Crippen molar-refractivity contribution in [2.75, 3.05) is 19.7 Å². The topological polar surface area (TPSA) is 62.2 Å². The molecule has 168 valence electrons. The van der Waals surface area contributed by atoms with E-state index in [0.29, 0.717) is 37.3 Å². The van der Waals surface area contributed by atoms with Gasteiger partial charge in [0.05, 0.1) is 24.9 Å². The summed E-state index contributed by atoms with van der Waals surface area (Å²) in [5.74, 6) is -0.844. The molecule has 2 aliphatic heterocycles. The summed E-state index contributed by atoms with van der Waals surface area (Å²) in [6.45, 7) is 2.82. The van der Waals surface area contributed by atoms with Crippen LogP contribution in [0.15, 0.2) is 59.7 Å². The van der Waals surface area contributed by atoms with E-state index in [1.165, 1.54) is 11.1 Å². The Morgan fingerprint density at radius 1 is 1.09 bits per heavy atom. The molecule has 0 N–H and O–H groups in total. The van der Waals surface area contributed by atoms with E-state index in [1.54, 1.807) is 25.1 Å². The number of hydrazone groups is 1. The van der Waals surface area contributed by atoms with Crippen LogP contribution in [0.5, 0.6) is 0 Å². The molecule has 0 aliphatic carbocycles. The van der Waals surface area contributed by atoms with Gasteiger partial charge in [-0.2, -0.15) is 5.10 Å². The summed E-state index contributed by atoms with van der Waals surface area (Å²) in [5.41, 5.74) is 1.90. The Hall–Kier alpha value is -3.06. The van der Waals surface area contributed by atoms with Crippen LogP contribution in [-0.4, -0.2) is 53.2 Å². The van der Waals surface area contributed by atoms with Crippen LogP contribution < -0.4 is 0 Å². The molecule has 1 fully saturated rings. The highest BCUT2D eigenvalue weighted by atomic mass is 19.1. The minimum absolute atomic E-state index is 0.0703. The molecular formula is C25H28FN3O3. The lowest BCUT2D eigenvalue weighted by molar-refractivity contribution is -0.152. The van der Waals surface area contributed by atoms with Crippen molar-refractivity contribution in [1.29, 1.82) is 0 Å². The van der Waals surface area contributed by atoms with E-state index in [1.807, 2.05) is 35.2 Å². The summed E-state index contributed by atoms with van der Waals surface area (Å²) in [6.07, 6.45) is 2.96. The van der Waals surface area contributed by atoms with Gasteiger partial charge in [0.15, 0.2) is 0 Å². The first-order valence-electron chi connectivity index (χ1n) is 11.2. The van der Waals surface area contributed by atoms with E-state index in [2.05, 4.69) is 5.10 Å². The maximum atomic E-state index is 14.4. The minimum atomic E-state index is -0.416. The number of amides is 1. The van der Waals surface area contributed by atoms with Crippen molar-refractivity contribution in [2.45, 2.75) is 44.7 Å². The van der Waals surface area contributed by atoms with Gasteiger partial charge in [0.25, 0.3) is 5.91 Å². The molecule has 1 saturated heterocycles. The highest BCUT2D eigenvalue weighted by molar-refractivity contribution is 6.03. The van der Waals surface area contributed by atoms with Gasteiger partial charge in [0.2, 0.25) is 0 Å². The molecule has 0 aromatic heterocycles. The second-order valence-corrected chi connectivity index (χ2v) is 8.13. The summed E-state index contributed by atoms with van der Waals surface area (Å²) >= 11 is 0. The normalized spacial score (nSPS) is 21.3. The standard InChI is InChI=1S/C25H28FN3O3/c1-2-32-25(31)22-14-8-9-15-28(22)17-24(30)29-23(18-10-4-3-5-11-18)16-21(27-29)19-12-6-7-13-20(19)26/h3-7,10-13,22-23H,2,8-9,14-17H2,1H3/t22-,23+/m0/s1. The largest absolute Gasteiger partial charge is 0.465 e. The number of ether oxygens (including phenoxy) is 1. The monoisotopic (exact) mass is 437 g/mol. The van der Waals surface area contributed by atoms with Gasteiger partial charge >= 0.3 is 5.97 Å². The Morgan fingerprint density at radius 2 is 1.84 bits per heavy atom. The van der Waals surface area contributed by atoms with Crippen molar-refractivity contribution in [1.82, 2.24) is 9.91 Å². The second kappa shape index (κ2) is 10.0. The third kappa shape index (κ3) is 4.72. The molecule has 2 aliphatic rings. The van der Waals surface area contributed by atoms with Crippen molar-refractivity contribution in [3.63, 3.8) is 0 Å². The fourth-order valence-electron chi connectivity index (χ4n) is 4.46. The molecular weight excluding hydrogens is 409 g/mol. The number of halogens is 1. The van der Waals surface area contributed by atoms with Gasteiger partial charge in [-0.1, -0.05) is 55.0 Å². The Bertz CT molecular complexity index is 995. The summed E-state index contributed by atoms with van der Waals surface area (Å²) < 4.78 is 19.7. The number of likely N-dealkylation sites (tertiary alicyclic amines) is 1. The lowest BCUT2D eigenvalue weighted by atomic mass is 9.98. The first-order valence-corrected chi connectivity index (χ1v) is 11.2. The molecule has 32 heavy (non-hydrogen) atoms. The van der Waals surface area contributed by atoms with Crippen LogP contribution in [0.4, 0.5) is 4.39 Å². The Balaban J connectivity index is 1.59. The highest BCUT2D eigenvalue weighted by Gasteiger charge is 2.37. The molecule has 0 radical (unpaired) electrons. The third-order valence-corrected chi connectivity index (χ3v) is 6.05. The smallest absolute Gasteiger partial charge is 0.323 e. The van der Waals surface area contributed by atoms with Crippen molar-refractivity contribution in [3.05, 3.63) is 71.5 Å². The van der Waals surface area contributed by atoms with Gasteiger partial charge in [0, 0.05) is 12.0 Å². The van der Waals surface area contributed by atoms with Crippen LogP contribution in [0.25, 0.3) is 0 Å². The second-order valence-electron chi connectivity index (χ2n) is 8.13. The predicted molar refractivity (Wildman–Crippen MR) is 119 cm³/mol. The molecule has 2 heterocycles. The van der Waals surface area contributed by atoms with Gasteiger partial charge in [-0.05, 0) is 37.9 Å². The number of hydrogen-bond donors (Lipinski definition) is 0. The van der Waals surface area contributed by atoms with E-state index in [-0.39, 0.29) is 30.3 Å². The summed E-state index contributed by atoms with van der Waals surface area (Å²) in [5, 5.41) is 6.03. The predicted octanol–water partition coefficient (Wildman–Crippen LogP) is 3.92. The van der Waals surface area contributed by atoms with Gasteiger partial charge in [0.1, 0.15) is 11.9 Å². The number of hydrogen-bond acceptors (Lipinski definition) is 5. The average molecular weight is 438 g/mol. The SMILES string of the molecule is CCOC(=O)[C@@H]1CCCCN1CC(=O)N1N=C(c2ccccc2F)C[C@@H]1c1ccccc1. The first kappa shape index (κ1) is 22.1. The summed E-state index contributed by atoms with van der Waals surface area (Å²) in [6, 6.07) is 15.4. The van der Waals surface area contributed by atoms with E-state index in [0.717, 1.165) is 18.4 Å². The van der Waals surface area contributed by atoms with Gasteiger partial charge < -0.3 is 4.74 Å². The van der Waals surface area contributed by atoms with Crippen molar-refractivity contribution >= 4 is 17.6 Å². The number of piperidine rings is 1. The molecule has 4 rings (SSSR count). The maximum Gasteiger partial charge on any atom is 0.323 e. The Labute approximate surface area is 187 Å². The molecule has 0 saturated carbocycles. The number of esters is 1. The van der Waals surface area contributed by atoms with Crippen LogP contribution in [0.1, 0.15) is 49.8 Å². The Morgan fingerprint density at radius 3 is 2.59 bits per heavy atom. The van der Waals surface area contributed by atoms with Gasteiger partial charge in [-0.15, -0.1) is 0 Å². The van der Waals surface area contributed by atoms with Crippen LogP contribution >= 0.6 is 0 Å². The van der Waals surface area contributed by atoms with E-state index in [9.17, 15) is 14.0 Å². The van der Waals surface area contributed by atoms with Crippen molar-refractivity contribution in [3.8, 4) is 0 Å². The zero-order valence-electron chi connectivity index (χ0n) is 18.2. The average Bonchev–Trinajstić information content (AvgIpc) is 3.26. The summed E-state index contributed by atoms with van der Waals surface area (Å²) in [7, 11) is 0. The van der Waals surface area contributed by atoms with Crippen molar-refractivity contribution < 1.29 is 18.7 Å². The Kier molecular flexibility index (Phi) is 6.95. The number of carbonyl (C=O) groups excluding carboxylic acids is 2. The zero-order chi connectivity index (χ0) is 22.5. The lowest BCUT2D eigenvalue weighted by Crippen LogP contribution is -2.49. The number of rotatable bonds is 6. The molecule has 2 aromatic rings. The van der Waals surface area contributed by atoms with Crippen LogP contribution in [0.3, 0.4) is 0 Å². The molecule has 6 nitrogen and oxygen atoms in total. The number of benzene rings is 2. The first-order chi connectivity index (χ1) is 15.6. The van der Waals surface area contributed by atoms with E-state index >= 15 is 0 Å². The van der Waals surface area contributed by atoms with Gasteiger partial charge in [-0.3, -0.25) is 14.5 Å². The van der Waals surface area contributed by atoms with Crippen LogP contribution in [0.2, 0.25) is 0 Å².